The molecule has 16 nitrogen and oxygen atoms in total. The highest BCUT2D eigenvalue weighted by Gasteiger charge is 2.56. The molecule has 1 fully saturated rings. The van der Waals surface area contributed by atoms with Crippen LogP contribution in [0.1, 0.15) is 149 Å². The summed E-state index contributed by atoms with van der Waals surface area (Å²) in [6.45, 7) is 37.3. The Morgan fingerprint density at radius 3 is 1.78 bits per heavy atom. The van der Waals surface area contributed by atoms with Gasteiger partial charge < -0.3 is 49.1 Å². The first-order valence-corrected chi connectivity index (χ1v) is 30.2. The van der Waals surface area contributed by atoms with Gasteiger partial charge in [0.15, 0.2) is 5.60 Å². The lowest BCUT2D eigenvalue weighted by molar-refractivity contribution is -0.144. The van der Waals surface area contributed by atoms with Gasteiger partial charge in [0, 0.05) is 83.9 Å². The van der Waals surface area contributed by atoms with Crippen molar-refractivity contribution in [1.29, 1.82) is 0 Å². The molecule has 1 aliphatic carbocycles. The second-order valence-electron chi connectivity index (χ2n) is 24.2. The number of esters is 3. The van der Waals surface area contributed by atoms with Gasteiger partial charge in [0.2, 0.25) is 11.8 Å². The van der Waals surface area contributed by atoms with Gasteiger partial charge in [0.05, 0.1) is 36.2 Å². The molecule has 0 atom stereocenters. The van der Waals surface area contributed by atoms with E-state index >= 15 is 0 Å². The molecule has 2 aliphatic heterocycles. The van der Waals surface area contributed by atoms with Gasteiger partial charge in [-0.15, -0.1) is 11.6 Å². The Morgan fingerprint density at radius 2 is 1.22 bits per heavy atom. The van der Waals surface area contributed by atoms with Crippen LogP contribution in [0.25, 0.3) is 0 Å². The molecule has 2 heterocycles. The van der Waals surface area contributed by atoms with Gasteiger partial charge in [-0.1, -0.05) is 90.1 Å². The molecule has 86 heavy (non-hydrogen) atoms. The van der Waals surface area contributed by atoms with Crippen molar-refractivity contribution in [2.75, 3.05) is 51.9 Å². The Bertz CT molecular complexity index is 2930. The number of carbonyl (C=O) groups excluding carboxylic acids is 6. The van der Waals surface area contributed by atoms with Gasteiger partial charge in [-0.2, -0.15) is 0 Å². The highest BCUT2D eigenvalue weighted by molar-refractivity contribution is 6.17. The number of hydrogen-bond donors (Lipinski definition) is 3. The minimum atomic E-state index is -1.51. The summed E-state index contributed by atoms with van der Waals surface area (Å²) in [5, 5.41) is 8.43. The van der Waals surface area contributed by atoms with Crippen LogP contribution in [0.2, 0.25) is 0 Å². The van der Waals surface area contributed by atoms with Crippen molar-refractivity contribution in [2.24, 2.45) is 16.2 Å². The van der Waals surface area contributed by atoms with Crippen LogP contribution in [0.4, 0.5) is 0 Å². The normalized spacial score (nSPS) is 13.7. The number of aryl methyl sites for hydroxylation is 2. The Morgan fingerprint density at radius 1 is 0.651 bits per heavy atom. The average Bonchev–Trinajstić information content (AvgIpc) is 1.45. The Labute approximate surface area is 515 Å². The van der Waals surface area contributed by atoms with Crippen LogP contribution in [0.5, 0.6) is 28.7 Å². The summed E-state index contributed by atoms with van der Waals surface area (Å²) in [6.07, 6.45) is 13.5. The number of fused-ring (bicyclic) bond motifs is 6. The maximum Gasteiger partial charge on any atom is 0.339 e. The van der Waals surface area contributed by atoms with Crippen molar-refractivity contribution in [2.45, 2.75) is 146 Å². The summed E-state index contributed by atoms with van der Waals surface area (Å²) < 4.78 is 40.9. The van der Waals surface area contributed by atoms with E-state index in [0.717, 1.165) is 43.6 Å². The van der Waals surface area contributed by atoms with Crippen LogP contribution in [0.3, 0.4) is 0 Å². The van der Waals surface area contributed by atoms with Gasteiger partial charge in [0.1, 0.15) is 34.5 Å². The molecular formula is C69H92ClN3O13. The summed E-state index contributed by atoms with van der Waals surface area (Å²) in [6, 6.07) is 15.9. The number of benzene rings is 3. The first kappa shape index (κ1) is 71.2. The molecule has 468 valence electrons. The zero-order valence-electron chi connectivity index (χ0n) is 52.8. The van der Waals surface area contributed by atoms with Crippen LogP contribution >= 0.6 is 11.6 Å². The molecule has 0 radical (unpaired) electrons. The van der Waals surface area contributed by atoms with Crippen molar-refractivity contribution < 1.29 is 61.9 Å². The molecule has 1 spiro atoms. The zero-order chi connectivity index (χ0) is 63.8. The van der Waals surface area contributed by atoms with E-state index in [2.05, 4.69) is 76.4 Å². The summed E-state index contributed by atoms with van der Waals surface area (Å²) in [4.78, 5) is 75.8. The van der Waals surface area contributed by atoms with Gasteiger partial charge in [-0.25, -0.2) is 4.79 Å². The number of carbonyl (C=O) groups is 6. The highest BCUT2D eigenvalue weighted by atomic mass is 35.5. The molecule has 0 aromatic heterocycles. The van der Waals surface area contributed by atoms with Crippen molar-refractivity contribution in [1.82, 2.24) is 16.0 Å². The lowest BCUT2D eigenvalue weighted by Crippen LogP contribution is -2.33. The number of nitrogens with one attached hydrogen (secondary N) is 3. The van der Waals surface area contributed by atoms with E-state index in [1.54, 1.807) is 96.2 Å². The summed E-state index contributed by atoms with van der Waals surface area (Å²) in [5.41, 5.74) is 2.08. The first-order valence-electron chi connectivity index (χ1n) is 29.6. The van der Waals surface area contributed by atoms with Crippen LogP contribution < -0.4 is 34.9 Å². The fourth-order valence-corrected chi connectivity index (χ4v) is 8.50. The van der Waals surface area contributed by atoms with E-state index in [0.29, 0.717) is 105 Å². The Kier molecular flexibility index (Phi) is 27.8. The van der Waals surface area contributed by atoms with Crippen LogP contribution in [0, 0.1) is 30.1 Å². The van der Waals surface area contributed by atoms with Gasteiger partial charge >= 0.3 is 17.9 Å². The van der Waals surface area contributed by atoms with Gasteiger partial charge in [0.25, 0.3) is 5.91 Å². The molecule has 0 bridgehead atoms. The fourth-order valence-electron chi connectivity index (χ4n) is 8.32. The molecular weight excluding hydrogens is 1110 g/mol. The summed E-state index contributed by atoms with van der Waals surface area (Å²) >= 11 is 5.69. The molecule has 0 saturated carbocycles. The molecule has 3 aliphatic rings. The number of alkyl halides is 1. The maximum absolute atomic E-state index is 13.8. The topological polar surface area (TPSA) is 203 Å². The van der Waals surface area contributed by atoms with E-state index in [1.807, 2.05) is 19.1 Å². The van der Waals surface area contributed by atoms with E-state index in [4.69, 9.17) is 44.8 Å². The lowest BCUT2D eigenvalue weighted by Gasteiger charge is -2.36. The lowest BCUT2D eigenvalue weighted by atomic mass is 9.76. The SMILES string of the molecule is C=C(Oc1ccc(C)c(C)c1)C(C)(C)C.C=CC(=C)C(=O)NCC.CC(C)(C)C(=O)Oc1ccc2c(c1)Oc1cc(OC(=O)C(C)(C)C)ccc1C21OC(=O)C2=CCC(C(=O)NCCCCCC(=O)NCCOCCOCCCCCCCl)=CC=C21. The smallest absolute Gasteiger partial charge is 0.339 e. The van der Waals surface area contributed by atoms with E-state index in [9.17, 15) is 28.8 Å². The monoisotopic (exact) mass is 1210 g/mol. The Balaban J connectivity index is 0.000000546. The van der Waals surface area contributed by atoms with Crippen molar-refractivity contribution in [3.05, 3.63) is 149 Å². The number of allylic oxidation sites excluding steroid dienone is 4. The molecule has 0 unspecified atom stereocenters. The zero-order valence-corrected chi connectivity index (χ0v) is 53.6. The average molecular weight is 1210 g/mol. The minimum Gasteiger partial charge on any atom is -0.462 e. The minimum absolute atomic E-state index is 0.0151. The van der Waals surface area contributed by atoms with Crippen molar-refractivity contribution >= 4 is 47.2 Å². The third-order valence-corrected chi connectivity index (χ3v) is 14.1. The van der Waals surface area contributed by atoms with Crippen LogP contribution in [-0.4, -0.2) is 87.6 Å². The van der Waals surface area contributed by atoms with Crippen molar-refractivity contribution in [3.63, 3.8) is 0 Å². The molecule has 6 rings (SSSR count). The predicted octanol–water partition coefficient (Wildman–Crippen LogP) is 13.4. The Hall–Kier alpha value is -7.27. The van der Waals surface area contributed by atoms with Gasteiger partial charge in [-0.05, 0) is 142 Å². The number of hydrogen-bond acceptors (Lipinski definition) is 13. The molecule has 3 N–H and O–H groups in total. The summed E-state index contributed by atoms with van der Waals surface area (Å²) in [5.74, 6) is 1.43. The number of rotatable bonds is 26. The third kappa shape index (κ3) is 21.6. The summed E-state index contributed by atoms with van der Waals surface area (Å²) in [7, 11) is 0. The van der Waals surface area contributed by atoms with E-state index < -0.39 is 34.3 Å². The van der Waals surface area contributed by atoms with Crippen LogP contribution in [-0.2, 0) is 48.6 Å². The quantitative estimate of drug-likeness (QED) is 0.0130. The number of amides is 3. The number of likely N-dealkylation sites (N-methyl/N-ethyl adjacent to an activating group) is 1. The molecule has 17 heteroatoms. The second kappa shape index (κ2) is 33.6. The van der Waals surface area contributed by atoms with Gasteiger partial charge in [-0.3, -0.25) is 24.0 Å². The third-order valence-electron chi connectivity index (χ3n) is 13.8. The second-order valence-corrected chi connectivity index (χ2v) is 24.6. The molecule has 1 saturated heterocycles. The van der Waals surface area contributed by atoms with E-state index in [-0.39, 0.29) is 52.6 Å². The standard InChI is InChI=1S/C48H61ClN2O11.C14H20O.C7H11NO/c1-46(2,3)44(55)59-33-17-21-37-39(30-33)61-40-31-34(60-45(56)47(4,5)6)18-22-38(40)48(37)36-20-16-32(15-19-35(36)43(54)62-48)42(53)51-24-12-9-10-14-41(52)50-25-27-58-29-28-57-26-13-8-7-11-23-49;1-10-7-8-13(9-11(10)2)15-12(3)14(4,5)6;1-4-6(3)7(9)8-5-2/h16-22,30-31H,7-15,23-29H2,1-6H3,(H,50,52)(H,51,53);7-9H,3H2,1-2,4-6H3;4H,1,3,5H2,2H3,(H,8,9). The first-order chi connectivity index (χ1) is 40.6. The van der Waals surface area contributed by atoms with Crippen LogP contribution in [0.15, 0.2) is 127 Å². The largest absolute Gasteiger partial charge is 0.462 e. The van der Waals surface area contributed by atoms with E-state index in [1.165, 1.54) is 17.2 Å². The predicted molar refractivity (Wildman–Crippen MR) is 337 cm³/mol. The molecule has 3 aromatic rings. The number of unbranched alkanes of at least 4 members (excludes halogenated alkanes) is 5. The number of ether oxygens (including phenoxy) is 7. The fraction of sp³-hybridized carbons (Fsp3) is 0.478. The molecule has 3 aromatic carbocycles. The highest BCUT2D eigenvalue weighted by Crippen LogP contribution is 2.59. The molecule has 3 amide bonds. The van der Waals surface area contributed by atoms with Crippen molar-refractivity contribution in [3.8, 4) is 28.7 Å². The number of halogens is 1. The maximum atomic E-state index is 13.8.